The summed E-state index contributed by atoms with van der Waals surface area (Å²) in [6.45, 7) is 2.91. The molecule has 5 heteroatoms. The Morgan fingerprint density at radius 3 is 2.71 bits per heavy atom. The number of anilines is 1. The Bertz CT molecular complexity index is 531. The van der Waals surface area contributed by atoms with Crippen molar-refractivity contribution in [3.63, 3.8) is 0 Å². The van der Waals surface area contributed by atoms with E-state index >= 15 is 0 Å². The maximum Gasteiger partial charge on any atom is 0.417 e. The van der Waals surface area contributed by atoms with Gasteiger partial charge in [0.05, 0.1) is 17.2 Å². The maximum atomic E-state index is 12.9. The van der Waals surface area contributed by atoms with E-state index in [1.54, 1.807) is 12.1 Å². The van der Waals surface area contributed by atoms with Crippen molar-refractivity contribution in [2.75, 3.05) is 11.9 Å². The average Bonchev–Trinajstić information content (AvgIpc) is 2.44. The van der Waals surface area contributed by atoms with Gasteiger partial charge in [-0.3, -0.25) is 0 Å². The highest BCUT2D eigenvalue weighted by atomic mass is 19.4. The Hall–Kier alpha value is -1.70. The molecule has 1 aromatic rings. The number of benzene rings is 1. The van der Waals surface area contributed by atoms with Crippen LogP contribution in [0.15, 0.2) is 18.2 Å². The van der Waals surface area contributed by atoms with Gasteiger partial charge < -0.3 is 5.32 Å². The summed E-state index contributed by atoms with van der Waals surface area (Å²) < 4.78 is 38.6. The topological polar surface area (TPSA) is 35.8 Å². The summed E-state index contributed by atoms with van der Waals surface area (Å²) in [5.41, 5.74) is -0.772. The number of halogens is 3. The summed E-state index contributed by atoms with van der Waals surface area (Å²) in [5.74, 6) is 1.20. The zero-order valence-electron chi connectivity index (χ0n) is 12.0. The fourth-order valence-corrected chi connectivity index (χ4v) is 2.99. The molecule has 0 radical (unpaired) electrons. The molecule has 0 aliphatic heterocycles. The van der Waals surface area contributed by atoms with Gasteiger partial charge in [-0.15, -0.1) is 0 Å². The molecule has 2 unspecified atom stereocenters. The van der Waals surface area contributed by atoms with Crippen molar-refractivity contribution in [3.8, 4) is 6.07 Å². The summed E-state index contributed by atoms with van der Waals surface area (Å²) in [4.78, 5) is 0. The van der Waals surface area contributed by atoms with Gasteiger partial charge in [-0.05, 0) is 42.9 Å². The van der Waals surface area contributed by atoms with Crippen LogP contribution in [0.1, 0.15) is 43.7 Å². The number of hydrogen-bond acceptors (Lipinski definition) is 2. The minimum absolute atomic E-state index is 0.334. The SMILES string of the molecule is CC1CCCC(CNc2ccc(C#N)c(C(F)(F)F)c2)C1. The van der Waals surface area contributed by atoms with E-state index in [1.165, 1.54) is 18.9 Å². The minimum atomic E-state index is -4.50. The van der Waals surface area contributed by atoms with Crippen LogP contribution in [0.4, 0.5) is 18.9 Å². The molecule has 1 N–H and O–H groups in total. The Kier molecular flexibility index (Phi) is 4.76. The molecule has 0 bridgehead atoms. The lowest BCUT2D eigenvalue weighted by Crippen LogP contribution is -2.21. The summed E-state index contributed by atoms with van der Waals surface area (Å²) >= 11 is 0. The number of alkyl halides is 3. The van der Waals surface area contributed by atoms with Crippen LogP contribution < -0.4 is 5.32 Å². The second-order valence-electron chi connectivity index (χ2n) is 5.89. The van der Waals surface area contributed by atoms with Gasteiger partial charge in [0.25, 0.3) is 0 Å². The third kappa shape index (κ3) is 4.13. The molecule has 1 saturated carbocycles. The van der Waals surface area contributed by atoms with Crippen molar-refractivity contribution in [2.24, 2.45) is 11.8 Å². The van der Waals surface area contributed by atoms with Gasteiger partial charge in [0.2, 0.25) is 0 Å². The summed E-state index contributed by atoms with van der Waals surface area (Å²) in [5, 5.41) is 11.9. The van der Waals surface area contributed by atoms with E-state index in [9.17, 15) is 13.2 Å². The van der Waals surface area contributed by atoms with Crippen LogP contribution in [0.3, 0.4) is 0 Å². The van der Waals surface area contributed by atoms with Crippen molar-refractivity contribution in [1.29, 1.82) is 5.26 Å². The Balaban J connectivity index is 2.06. The molecule has 0 saturated heterocycles. The van der Waals surface area contributed by atoms with Gasteiger partial charge in [-0.2, -0.15) is 18.4 Å². The van der Waals surface area contributed by atoms with Gasteiger partial charge in [0.1, 0.15) is 0 Å². The predicted octanol–water partition coefficient (Wildman–Crippen LogP) is 4.82. The van der Waals surface area contributed by atoms with Crippen LogP contribution in [0.25, 0.3) is 0 Å². The lowest BCUT2D eigenvalue weighted by Gasteiger charge is -2.27. The third-order valence-electron chi connectivity index (χ3n) is 4.09. The number of hydrogen-bond donors (Lipinski definition) is 1. The number of nitrogens with one attached hydrogen (secondary N) is 1. The number of nitriles is 1. The summed E-state index contributed by atoms with van der Waals surface area (Å²) in [6.07, 6.45) is 0.178. The predicted molar refractivity (Wildman–Crippen MR) is 75.8 cm³/mol. The lowest BCUT2D eigenvalue weighted by atomic mass is 9.82. The highest BCUT2D eigenvalue weighted by Gasteiger charge is 2.33. The van der Waals surface area contributed by atoms with E-state index in [1.807, 2.05) is 0 Å². The quantitative estimate of drug-likeness (QED) is 0.868. The first-order valence-corrected chi connectivity index (χ1v) is 7.25. The van der Waals surface area contributed by atoms with E-state index in [0.29, 0.717) is 24.1 Å². The number of rotatable bonds is 3. The second kappa shape index (κ2) is 6.38. The molecule has 1 fully saturated rings. The van der Waals surface area contributed by atoms with Crippen LogP contribution in [0.5, 0.6) is 0 Å². The largest absolute Gasteiger partial charge is 0.417 e. The molecule has 2 atom stereocenters. The van der Waals surface area contributed by atoms with E-state index in [2.05, 4.69) is 12.2 Å². The molecule has 0 spiro atoms. The maximum absolute atomic E-state index is 12.9. The molecule has 114 valence electrons. The van der Waals surface area contributed by atoms with Gasteiger partial charge in [-0.1, -0.05) is 19.8 Å². The fraction of sp³-hybridized carbons (Fsp3) is 0.562. The zero-order valence-corrected chi connectivity index (χ0v) is 12.0. The first-order valence-electron chi connectivity index (χ1n) is 7.25. The molecule has 21 heavy (non-hydrogen) atoms. The van der Waals surface area contributed by atoms with Crippen LogP contribution in [0, 0.1) is 23.2 Å². The van der Waals surface area contributed by atoms with Crippen molar-refractivity contribution in [3.05, 3.63) is 29.3 Å². The van der Waals surface area contributed by atoms with E-state index in [-0.39, 0.29) is 5.56 Å². The summed E-state index contributed by atoms with van der Waals surface area (Å²) in [6, 6.07) is 5.40. The van der Waals surface area contributed by atoms with E-state index in [0.717, 1.165) is 18.9 Å². The van der Waals surface area contributed by atoms with Gasteiger partial charge in [0, 0.05) is 12.2 Å². The lowest BCUT2D eigenvalue weighted by molar-refractivity contribution is -0.137. The fourth-order valence-electron chi connectivity index (χ4n) is 2.99. The average molecular weight is 296 g/mol. The highest BCUT2D eigenvalue weighted by molar-refractivity contribution is 5.53. The summed E-state index contributed by atoms with van der Waals surface area (Å²) in [7, 11) is 0. The molecule has 0 heterocycles. The molecule has 2 nitrogen and oxygen atoms in total. The molecule has 2 rings (SSSR count). The van der Waals surface area contributed by atoms with Gasteiger partial charge in [0.15, 0.2) is 0 Å². The molecular weight excluding hydrogens is 277 g/mol. The first-order chi connectivity index (χ1) is 9.90. The van der Waals surface area contributed by atoms with Crippen molar-refractivity contribution < 1.29 is 13.2 Å². The monoisotopic (exact) mass is 296 g/mol. The van der Waals surface area contributed by atoms with Crippen LogP contribution >= 0.6 is 0 Å². The standard InChI is InChI=1S/C16H19F3N2/c1-11-3-2-4-12(7-11)10-21-14-6-5-13(9-20)15(8-14)16(17,18)19/h5-6,8,11-12,21H,2-4,7,10H2,1H3. The Labute approximate surface area is 123 Å². The smallest absolute Gasteiger partial charge is 0.385 e. The van der Waals surface area contributed by atoms with Crippen molar-refractivity contribution in [2.45, 2.75) is 38.8 Å². The molecule has 0 amide bonds. The van der Waals surface area contributed by atoms with E-state index in [4.69, 9.17) is 5.26 Å². The Morgan fingerprint density at radius 2 is 2.10 bits per heavy atom. The van der Waals surface area contributed by atoms with Crippen molar-refractivity contribution in [1.82, 2.24) is 0 Å². The molecule has 1 aliphatic rings. The normalized spacial score (nSPS) is 22.6. The van der Waals surface area contributed by atoms with Gasteiger partial charge >= 0.3 is 6.18 Å². The number of nitrogens with zero attached hydrogens (tertiary/aromatic N) is 1. The second-order valence-corrected chi connectivity index (χ2v) is 5.89. The van der Waals surface area contributed by atoms with E-state index < -0.39 is 11.7 Å². The highest BCUT2D eigenvalue weighted by Crippen LogP contribution is 2.34. The van der Waals surface area contributed by atoms with Gasteiger partial charge in [-0.25, -0.2) is 0 Å². The van der Waals surface area contributed by atoms with Crippen molar-refractivity contribution >= 4 is 5.69 Å². The molecule has 1 aromatic carbocycles. The van der Waals surface area contributed by atoms with Crippen LogP contribution in [-0.2, 0) is 6.18 Å². The minimum Gasteiger partial charge on any atom is -0.385 e. The third-order valence-corrected chi connectivity index (χ3v) is 4.09. The molecule has 0 aromatic heterocycles. The Morgan fingerprint density at radius 1 is 1.33 bits per heavy atom. The molecule has 1 aliphatic carbocycles. The first kappa shape index (κ1) is 15.7. The van der Waals surface area contributed by atoms with Crippen LogP contribution in [-0.4, -0.2) is 6.54 Å². The zero-order chi connectivity index (χ0) is 15.5. The van der Waals surface area contributed by atoms with Crippen LogP contribution in [0.2, 0.25) is 0 Å². The molecular formula is C16H19F3N2.